The second-order valence-electron chi connectivity index (χ2n) is 15.4. The number of aliphatic hydroxyl groups is 1. The fourth-order valence-corrected chi connectivity index (χ4v) is 10.8. The van der Waals surface area contributed by atoms with Gasteiger partial charge in [0.1, 0.15) is 11.9 Å². The summed E-state index contributed by atoms with van der Waals surface area (Å²) in [6.07, 6.45) is 7.45. The molecule has 0 radical (unpaired) electrons. The van der Waals surface area contributed by atoms with Gasteiger partial charge < -0.3 is 19.3 Å². The van der Waals surface area contributed by atoms with Gasteiger partial charge in [-0.25, -0.2) is 0 Å². The molecule has 0 aromatic heterocycles. The molecule has 212 valence electrons. The van der Waals surface area contributed by atoms with Crippen molar-refractivity contribution in [3.63, 3.8) is 0 Å². The number of aliphatic hydroxyl groups excluding tert-OH is 1. The first kappa shape index (κ1) is 27.0. The van der Waals surface area contributed by atoms with E-state index in [-0.39, 0.29) is 57.8 Å². The monoisotopic (exact) mass is 528 g/mol. The Morgan fingerprint density at radius 1 is 1.05 bits per heavy atom. The highest BCUT2D eigenvalue weighted by atomic mass is 16.7. The summed E-state index contributed by atoms with van der Waals surface area (Å²) < 4.78 is 18.1. The molecule has 2 saturated heterocycles. The Bertz CT molecular complexity index is 1080. The van der Waals surface area contributed by atoms with Crippen molar-refractivity contribution in [1.82, 2.24) is 0 Å². The molecule has 6 heteroatoms. The number of ether oxygens (including phenoxy) is 3. The molecule has 11 atom stereocenters. The lowest BCUT2D eigenvalue weighted by atomic mass is 9.37. The van der Waals surface area contributed by atoms with Crippen molar-refractivity contribution < 1.29 is 28.9 Å². The van der Waals surface area contributed by atoms with Gasteiger partial charge in [-0.15, -0.1) is 0 Å². The molecular formula is C32H48O6. The van der Waals surface area contributed by atoms with E-state index in [1.54, 1.807) is 0 Å². The van der Waals surface area contributed by atoms with Crippen LogP contribution in [-0.4, -0.2) is 47.1 Å². The number of allylic oxidation sites excluding steroid dienone is 1. The number of Topliss-reactive ketones (excluding diaryl/α,β-unsaturated/α-hetero) is 1. The molecule has 0 amide bonds. The zero-order chi connectivity index (χ0) is 27.6. The third-order valence-corrected chi connectivity index (χ3v) is 12.8. The van der Waals surface area contributed by atoms with Gasteiger partial charge in [-0.3, -0.25) is 9.59 Å². The Hall–Kier alpha value is -1.24. The Labute approximate surface area is 228 Å². The number of carbonyl (C=O) groups is 2. The molecule has 11 unspecified atom stereocenters. The van der Waals surface area contributed by atoms with Gasteiger partial charge in [-0.1, -0.05) is 46.3 Å². The molecule has 6 nitrogen and oxygen atoms in total. The second kappa shape index (κ2) is 8.16. The highest BCUT2D eigenvalue weighted by Crippen LogP contribution is 2.73. The zero-order valence-corrected chi connectivity index (χ0v) is 24.6. The van der Waals surface area contributed by atoms with E-state index < -0.39 is 17.8 Å². The van der Waals surface area contributed by atoms with Gasteiger partial charge in [0.2, 0.25) is 6.29 Å². The van der Waals surface area contributed by atoms with Crippen LogP contribution in [0.4, 0.5) is 0 Å². The summed E-state index contributed by atoms with van der Waals surface area (Å²) in [4.78, 5) is 25.0. The summed E-state index contributed by atoms with van der Waals surface area (Å²) in [7, 11) is 0. The molecule has 2 aliphatic heterocycles. The first-order valence-corrected chi connectivity index (χ1v) is 15.0. The number of hydrogen-bond donors (Lipinski definition) is 1. The lowest BCUT2D eigenvalue weighted by Gasteiger charge is -2.67. The molecule has 0 aromatic carbocycles. The minimum absolute atomic E-state index is 0.0301. The Balaban J connectivity index is 1.31. The van der Waals surface area contributed by atoms with E-state index in [1.807, 2.05) is 0 Å². The molecule has 3 saturated carbocycles. The van der Waals surface area contributed by atoms with Crippen molar-refractivity contribution in [2.24, 2.45) is 45.3 Å². The van der Waals surface area contributed by atoms with E-state index in [0.29, 0.717) is 24.5 Å². The van der Waals surface area contributed by atoms with Gasteiger partial charge in [-0.2, -0.15) is 0 Å². The summed E-state index contributed by atoms with van der Waals surface area (Å²) in [6, 6.07) is 0. The fourth-order valence-electron chi connectivity index (χ4n) is 10.8. The molecule has 5 fully saturated rings. The molecular weight excluding hydrogens is 480 g/mol. The van der Waals surface area contributed by atoms with Crippen molar-refractivity contribution in [3.8, 4) is 0 Å². The maximum Gasteiger partial charge on any atom is 0.304 e. The van der Waals surface area contributed by atoms with Crippen molar-refractivity contribution >= 4 is 11.8 Å². The maximum atomic E-state index is 13.0. The van der Waals surface area contributed by atoms with E-state index in [4.69, 9.17) is 14.2 Å². The average molecular weight is 529 g/mol. The van der Waals surface area contributed by atoms with E-state index in [0.717, 1.165) is 32.1 Å². The predicted octanol–water partition coefficient (Wildman–Crippen LogP) is 5.60. The van der Waals surface area contributed by atoms with E-state index in [9.17, 15) is 14.7 Å². The smallest absolute Gasteiger partial charge is 0.304 e. The number of epoxide rings is 1. The number of fused-ring (bicyclic) bond motifs is 5. The molecule has 2 heterocycles. The molecule has 0 spiro atoms. The van der Waals surface area contributed by atoms with Crippen LogP contribution in [0, 0.1) is 45.3 Å². The maximum absolute atomic E-state index is 13.0. The van der Waals surface area contributed by atoms with E-state index in [2.05, 4.69) is 54.5 Å². The topological polar surface area (TPSA) is 85.4 Å². The second-order valence-corrected chi connectivity index (χ2v) is 15.4. The van der Waals surface area contributed by atoms with Gasteiger partial charge in [0.25, 0.3) is 0 Å². The van der Waals surface area contributed by atoms with Gasteiger partial charge in [-0.05, 0) is 81.0 Å². The van der Waals surface area contributed by atoms with Gasteiger partial charge in [0, 0.05) is 30.1 Å². The average Bonchev–Trinajstić information content (AvgIpc) is 3.11. The van der Waals surface area contributed by atoms with Crippen LogP contribution >= 0.6 is 0 Å². The lowest BCUT2D eigenvalue weighted by Crippen LogP contribution is -2.65. The third kappa shape index (κ3) is 3.48. The van der Waals surface area contributed by atoms with Gasteiger partial charge in [0.15, 0.2) is 0 Å². The van der Waals surface area contributed by atoms with Gasteiger partial charge >= 0.3 is 5.97 Å². The van der Waals surface area contributed by atoms with Crippen molar-refractivity contribution in [1.29, 1.82) is 0 Å². The standard InChI is InChI=1S/C32H48O6/c1-17(33)36-27-18(15-20(37-27)26-29(4,5)38-26)19-9-10-21-30(19,6)13-11-22-31(7)14-12-24(34)28(2,3)23(31)16-25(35)32(21,22)8/h10,18-20,22-23,25-27,35H,9,11-16H2,1-8H3. The molecule has 0 aromatic rings. The Morgan fingerprint density at radius 2 is 1.74 bits per heavy atom. The summed E-state index contributed by atoms with van der Waals surface area (Å²) in [5.41, 5.74) is 0.442. The minimum Gasteiger partial charge on any atom is -0.436 e. The third-order valence-electron chi connectivity index (χ3n) is 12.8. The van der Waals surface area contributed by atoms with Crippen LogP contribution in [0.1, 0.15) is 100 Å². The highest BCUT2D eigenvalue weighted by Gasteiger charge is 2.69. The SMILES string of the molecule is CC(=O)OC1OC(C2OC2(C)C)CC1C1CC=C2C1(C)CCC1C3(C)CCC(=O)C(C)(C)C3CC(O)C21C. The number of carbonyl (C=O) groups excluding carboxylic acids is 2. The van der Waals surface area contributed by atoms with Crippen LogP contribution in [0.3, 0.4) is 0 Å². The normalized spacial score (nSPS) is 52.4. The zero-order valence-electron chi connectivity index (χ0n) is 24.6. The van der Waals surface area contributed by atoms with Crippen molar-refractivity contribution in [2.45, 2.75) is 131 Å². The van der Waals surface area contributed by atoms with Crippen molar-refractivity contribution in [3.05, 3.63) is 11.6 Å². The summed E-state index contributed by atoms with van der Waals surface area (Å²) in [5.74, 6) is 0.968. The first-order chi connectivity index (χ1) is 17.6. The molecule has 0 bridgehead atoms. The van der Waals surface area contributed by atoms with Gasteiger partial charge in [0.05, 0.1) is 17.8 Å². The Kier molecular flexibility index (Phi) is 5.79. The molecule has 6 rings (SSSR count). The molecule has 4 aliphatic carbocycles. The predicted molar refractivity (Wildman–Crippen MR) is 143 cm³/mol. The quantitative estimate of drug-likeness (QED) is 0.291. The molecule has 6 aliphatic rings. The number of hydrogen-bond acceptors (Lipinski definition) is 6. The summed E-state index contributed by atoms with van der Waals surface area (Å²) in [6.45, 7) is 17.0. The van der Waals surface area contributed by atoms with E-state index >= 15 is 0 Å². The van der Waals surface area contributed by atoms with E-state index in [1.165, 1.54) is 12.5 Å². The Morgan fingerprint density at radius 3 is 2.37 bits per heavy atom. The van der Waals surface area contributed by atoms with Crippen LogP contribution in [-0.2, 0) is 23.8 Å². The van der Waals surface area contributed by atoms with Crippen molar-refractivity contribution in [2.75, 3.05) is 0 Å². The number of rotatable bonds is 3. The van der Waals surface area contributed by atoms with Crippen LogP contribution in [0.5, 0.6) is 0 Å². The number of esters is 1. The van der Waals surface area contributed by atoms with Crippen LogP contribution < -0.4 is 0 Å². The number of ketones is 1. The highest BCUT2D eigenvalue weighted by molar-refractivity contribution is 5.85. The van der Waals surface area contributed by atoms with Crippen LogP contribution in [0.15, 0.2) is 11.6 Å². The summed E-state index contributed by atoms with van der Waals surface area (Å²) in [5, 5.41) is 11.9. The van der Waals surface area contributed by atoms with Crippen LogP contribution in [0.2, 0.25) is 0 Å². The fraction of sp³-hybridized carbons (Fsp3) is 0.875. The first-order valence-electron chi connectivity index (χ1n) is 15.0. The van der Waals surface area contributed by atoms with Crippen LogP contribution in [0.25, 0.3) is 0 Å². The minimum atomic E-state index is -0.555. The summed E-state index contributed by atoms with van der Waals surface area (Å²) >= 11 is 0. The molecule has 38 heavy (non-hydrogen) atoms. The molecule has 1 N–H and O–H groups in total. The largest absolute Gasteiger partial charge is 0.436 e. The lowest BCUT2D eigenvalue weighted by molar-refractivity contribution is -0.196.